The van der Waals surface area contributed by atoms with Crippen LogP contribution >= 0.6 is 0 Å². The Hall–Kier alpha value is -1.63. The Morgan fingerprint density at radius 2 is 1.19 bits per heavy atom. The van der Waals surface area contributed by atoms with E-state index >= 15 is 0 Å². The van der Waals surface area contributed by atoms with Crippen molar-refractivity contribution >= 4 is 0 Å². The maximum absolute atomic E-state index is 2.32. The van der Waals surface area contributed by atoms with Gasteiger partial charge in [-0.05, 0) is 18.9 Å². The molecule has 0 N–H and O–H groups in total. The molecule has 0 fully saturated rings. The second-order valence-electron chi connectivity index (χ2n) is 7.66. The third kappa shape index (κ3) is 9.17. The summed E-state index contributed by atoms with van der Waals surface area (Å²) in [6.45, 7) is 3.26. The Labute approximate surface area is 161 Å². The fourth-order valence-corrected chi connectivity index (χ4v) is 3.61. The van der Waals surface area contributed by atoms with Gasteiger partial charge >= 0.3 is 0 Å². The van der Waals surface area contributed by atoms with E-state index in [0.29, 0.717) is 0 Å². The molecular formula is C25H38N+. The van der Waals surface area contributed by atoms with E-state index in [1.807, 2.05) is 0 Å². The SMILES string of the molecule is CCCCCCCCCCCCCc1ccc[n+](Cc2ccccc2)c1. The molecular weight excluding hydrogens is 314 g/mol. The monoisotopic (exact) mass is 352 g/mol. The minimum Gasteiger partial charge on any atom is -0.201 e. The normalized spacial score (nSPS) is 11.0. The molecule has 1 aromatic heterocycles. The van der Waals surface area contributed by atoms with Crippen LogP contribution in [0.2, 0.25) is 0 Å². The number of hydrogen-bond acceptors (Lipinski definition) is 0. The lowest BCUT2D eigenvalue weighted by molar-refractivity contribution is -0.688. The van der Waals surface area contributed by atoms with Gasteiger partial charge in [0.25, 0.3) is 0 Å². The molecule has 1 heterocycles. The molecule has 2 aromatic rings. The van der Waals surface area contributed by atoms with Gasteiger partial charge in [-0.3, -0.25) is 0 Å². The van der Waals surface area contributed by atoms with Gasteiger partial charge < -0.3 is 0 Å². The van der Waals surface area contributed by atoms with E-state index < -0.39 is 0 Å². The van der Waals surface area contributed by atoms with Gasteiger partial charge in [-0.15, -0.1) is 0 Å². The van der Waals surface area contributed by atoms with Crippen LogP contribution in [-0.4, -0.2) is 0 Å². The molecule has 0 saturated heterocycles. The van der Waals surface area contributed by atoms with Crippen molar-refractivity contribution in [3.63, 3.8) is 0 Å². The molecule has 0 radical (unpaired) electrons. The van der Waals surface area contributed by atoms with Crippen molar-refractivity contribution in [3.05, 3.63) is 66.0 Å². The van der Waals surface area contributed by atoms with Crippen molar-refractivity contribution in [1.82, 2.24) is 0 Å². The molecule has 1 heteroatoms. The van der Waals surface area contributed by atoms with E-state index in [2.05, 4.69) is 66.3 Å². The van der Waals surface area contributed by atoms with Crippen LogP contribution in [-0.2, 0) is 13.0 Å². The lowest BCUT2D eigenvalue weighted by Gasteiger charge is -2.03. The van der Waals surface area contributed by atoms with Crippen LogP contribution in [0.15, 0.2) is 54.9 Å². The maximum atomic E-state index is 2.32. The molecule has 1 nitrogen and oxygen atoms in total. The predicted molar refractivity (Wildman–Crippen MR) is 112 cm³/mol. The first-order valence-electron chi connectivity index (χ1n) is 10.9. The molecule has 0 aliphatic heterocycles. The quantitative estimate of drug-likeness (QED) is 0.258. The van der Waals surface area contributed by atoms with Gasteiger partial charge in [0, 0.05) is 17.2 Å². The summed E-state index contributed by atoms with van der Waals surface area (Å²) in [5.74, 6) is 0. The van der Waals surface area contributed by atoms with E-state index in [9.17, 15) is 0 Å². The smallest absolute Gasteiger partial charge is 0.173 e. The van der Waals surface area contributed by atoms with E-state index in [0.717, 1.165) is 6.54 Å². The molecule has 0 saturated carbocycles. The van der Waals surface area contributed by atoms with Gasteiger partial charge in [-0.25, -0.2) is 4.57 Å². The molecule has 2 rings (SSSR count). The lowest BCUT2D eigenvalue weighted by atomic mass is 10.0. The zero-order valence-electron chi connectivity index (χ0n) is 16.8. The average molecular weight is 353 g/mol. The van der Waals surface area contributed by atoms with E-state index in [-0.39, 0.29) is 0 Å². The summed E-state index contributed by atoms with van der Waals surface area (Å²) in [5, 5.41) is 0. The van der Waals surface area contributed by atoms with Crippen LogP contribution in [0.4, 0.5) is 0 Å². The van der Waals surface area contributed by atoms with Gasteiger partial charge in [-0.1, -0.05) is 101 Å². The van der Waals surface area contributed by atoms with Crippen LogP contribution in [0.5, 0.6) is 0 Å². The summed E-state index contributed by atoms with van der Waals surface area (Å²) in [6.07, 6.45) is 21.3. The minimum atomic E-state index is 0.965. The van der Waals surface area contributed by atoms with Gasteiger partial charge in [0.1, 0.15) is 0 Å². The third-order valence-electron chi connectivity index (χ3n) is 5.20. The summed E-state index contributed by atoms with van der Waals surface area (Å²) in [6, 6.07) is 15.2. The Morgan fingerprint density at radius 1 is 0.615 bits per heavy atom. The Bertz CT molecular complexity index is 576. The van der Waals surface area contributed by atoms with Crippen LogP contribution in [0, 0.1) is 0 Å². The van der Waals surface area contributed by atoms with E-state index in [1.165, 1.54) is 88.2 Å². The molecule has 26 heavy (non-hydrogen) atoms. The maximum Gasteiger partial charge on any atom is 0.173 e. The van der Waals surface area contributed by atoms with Gasteiger partial charge in [0.05, 0.1) is 0 Å². The fourth-order valence-electron chi connectivity index (χ4n) is 3.61. The number of nitrogens with zero attached hydrogens (tertiary/aromatic N) is 1. The van der Waals surface area contributed by atoms with Crippen molar-refractivity contribution in [3.8, 4) is 0 Å². The first kappa shape index (κ1) is 20.7. The topological polar surface area (TPSA) is 3.88 Å². The Balaban J connectivity index is 1.54. The highest BCUT2D eigenvalue weighted by molar-refractivity contribution is 5.13. The van der Waals surface area contributed by atoms with Crippen LogP contribution < -0.4 is 4.57 Å². The van der Waals surface area contributed by atoms with E-state index in [1.54, 1.807) is 0 Å². The molecule has 0 aliphatic rings. The number of unbranched alkanes of at least 4 members (excludes halogenated alkanes) is 10. The van der Waals surface area contributed by atoms with Crippen molar-refractivity contribution < 1.29 is 4.57 Å². The Morgan fingerprint density at radius 3 is 1.85 bits per heavy atom. The second kappa shape index (κ2) is 13.6. The average Bonchev–Trinajstić information content (AvgIpc) is 2.67. The highest BCUT2D eigenvalue weighted by Crippen LogP contribution is 2.12. The van der Waals surface area contributed by atoms with Crippen molar-refractivity contribution in [2.45, 2.75) is 90.5 Å². The molecule has 142 valence electrons. The van der Waals surface area contributed by atoms with Crippen LogP contribution in [0.25, 0.3) is 0 Å². The molecule has 1 aromatic carbocycles. The number of rotatable bonds is 14. The van der Waals surface area contributed by atoms with Gasteiger partial charge in [0.15, 0.2) is 18.9 Å². The fraction of sp³-hybridized carbons (Fsp3) is 0.560. The first-order valence-corrected chi connectivity index (χ1v) is 10.9. The third-order valence-corrected chi connectivity index (χ3v) is 5.20. The summed E-state index contributed by atoms with van der Waals surface area (Å²) in [4.78, 5) is 0. The molecule has 0 atom stereocenters. The van der Waals surface area contributed by atoms with Crippen LogP contribution in [0.3, 0.4) is 0 Å². The second-order valence-corrected chi connectivity index (χ2v) is 7.66. The lowest BCUT2D eigenvalue weighted by Crippen LogP contribution is -2.33. The highest BCUT2D eigenvalue weighted by atomic mass is 14.9. The molecule has 0 bridgehead atoms. The van der Waals surface area contributed by atoms with Crippen molar-refractivity contribution in [2.75, 3.05) is 0 Å². The minimum absolute atomic E-state index is 0.965. The van der Waals surface area contributed by atoms with Crippen molar-refractivity contribution in [2.24, 2.45) is 0 Å². The largest absolute Gasteiger partial charge is 0.201 e. The molecule has 0 unspecified atom stereocenters. The summed E-state index contributed by atoms with van der Waals surface area (Å²) in [7, 11) is 0. The number of hydrogen-bond donors (Lipinski definition) is 0. The van der Waals surface area contributed by atoms with E-state index in [4.69, 9.17) is 0 Å². The molecule has 0 aliphatic carbocycles. The number of aryl methyl sites for hydroxylation is 1. The standard InChI is InChI=1S/C25H38N/c1-2-3-4-5-6-7-8-9-10-11-13-17-25-20-16-21-26(23-25)22-24-18-14-12-15-19-24/h12,14-16,18-21,23H,2-11,13,17,22H2,1H3/q+1. The zero-order valence-corrected chi connectivity index (χ0v) is 16.8. The number of benzene rings is 1. The summed E-state index contributed by atoms with van der Waals surface area (Å²) >= 11 is 0. The summed E-state index contributed by atoms with van der Waals surface area (Å²) < 4.78 is 2.31. The van der Waals surface area contributed by atoms with Gasteiger partial charge in [-0.2, -0.15) is 0 Å². The first-order chi connectivity index (χ1) is 12.9. The van der Waals surface area contributed by atoms with Crippen molar-refractivity contribution in [1.29, 1.82) is 0 Å². The van der Waals surface area contributed by atoms with Crippen LogP contribution in [0.1, 0.15) is 88.7 Å². The predicted octanol–water partition coefficient (Wildman–Crippen LogP) is 6.88. The molecule has 0 amide bonds. The number of aromatic nitrogens is 1. The Kier molecular flexibility index (Phi) is 10.8. The highest BCUT2D eigenvalue weighted by Gasteiger charge is 2.04. The summed E-state index contributed by atoms with van der Waals surface area (Å²) in [5.41, 5.74) is 2.84. The zero-order chi connectivity index (χ0) is 18.3. The van der Waals surface area contributed by atoms with Gasteiger partial charge in [0.2, 0.25) is 0 Å². The molecule has 0 spiro atoms. The number of pyridine rings is 1.